The van der Waals surface area contributed by atoms with Gasteiger partial charge >= 0.3 is 0 Å². The fourth-order valence-electron chi connectivity index (χ4n) is 2.83. The van der Waals surface area contributed by atoms with E-state index < -0.39 is 0 Å². The summed E-state index contributed by atoms with van der Waals surface area (Å²) in [6, 6.07) is 25.8. The van der Waals surface area contributed by atoms with Gasteiger partial charge in [0.25, 0.3) is 5.91 Å². The van der Waals surface area contributed by atoms with Crippen molar-refractivity contribution in [2.45, 2.75) is 6.92 Å². The number of carbonyl (C=O) groups is 1. The first-order chi connectivity index (χ1) is 12.7. The fraction of sp³-hybridized carbons (Fsp3) is 0.0909. The summed E-state index contributed by atoms with van der Waals surface area (Å²) in [6.07, 6.45) is 0. The highest BCUT2D eigenvalue weighted by Gasteiger charge is 2.24. The maximum Gasteiger partial charge on any atom is 0.285 e. The fourth-order valence-corrected chi connectivity index (χ4v) is 2.83. The molecule has 3 aromatic carbocycles. The van der Waals surface area contributed by atoms with Gasteiger partial charge in [-0.1, -0.05) is 60.2 Å². The van der Waals surface area contributed by atoms with Crippen LogP contribution in [0.1, 0.15) is 11.1 Å². The van der Waals surface area contributed by atoms with E-state index in [1.807, 2.05) is 73.7 Å². The predicted octanol–water partition coefficient (Wildman–Crippen LogP) is 4.39. The summed E-state index contributed by atoms with van der Waals surface area (Å²) in [4.78, 5) is 12.3. The lowest BCUT2D eigenvalue weighted by Gasteiger charge is -2.24. The number of benzene rings is 3. The Labute approximate surface area is 152 Å². The molecule has 0 bridgehead atoms. The molecule has 0 spiro atoms. The smallest absolute Gasteiger partial charge is 0.285 e. The van der Waals surface area contributed by atoms with Crippen molar-refractivity contribution in [3.05, 3.63) is 90.0 Å². The number of nitrogens with zero attached hydrogens (tertiary/aromatic N) is 2. The molecule has 4 heteroatoms. The zero-order valence-electron chi connectivity index (χ0n) is 14.4. The lowest BCUT2D eigenvalue weighted by molar-refractivity contribution is -0.121. The first-order valence-electron chi connectivity index (χ1n) is 8.47. The minimum atomic E-state index is -0.187. The van der Waals surface area contributed by atoms with Gasteiger partial charge in [0.1, 0.15) is 0 Å². The SMILES string of the molecule is Cc1ccc(C2=NN(c3ccc(-c4ccccc4)cc3)C(=O)CO2)cc1. The highest BCUT2D eigenvalue weighted by Crippen LogP contribution is 2.25. The van der Waals surface area contributed by atoms with Crippen molar-refractivity contribution >= 4 is 17.5 Å². The number of ether oxygens (including phenoxy) is 1. The normalized spacial score (nSPS) is 14.0. The minimum Gasteiger partial charge on any atom is -0.466 e. The second kappa shape index (κ2) is 6.84. The van der Waals surface area contributed by atoms with Crippen molar-refractivity contribution in [3.8, 4) is 11.1 Å². The summed E-state index contributed by atoms with van der Waals surface area (Å²) in [6.45, 7) is 2.00. The molecule has 4 rings (SSSR count). The average molecular weight is 342 g/mol. The van der Waals surface area contributed by atoms with Gasteiger partial charge in [0.05, 0.1) is 5.69 Å². The van der Waals surface area contributed by atoms with E-state index in [0.29, 0.717) is 5.90 Å². The molecule has 0 radical (unpaired) electrons. The Balaban J connectivity index is 1.64. The molecule has 3 aromatic rings. The molecule has 0 aliphatic carbocycles. The lowest BCUT2D eigenvalue weighted by Crippen LogP contribution is -2.36. The van der Waals surface area contributed by atoms with Crippen LogP contribution < -0.4 is 5.01 Å². The van der Waals surface area contributed by atoms with Crippen LogP contribution in [0.4, 0.5) is 5.69 Å². The van der Waals surface area contributed by atoms with E-state index in [9.17, 15) is 4.79 Å². The second-order valence-corrected chi connectivity index (χ2v) is 6.18. The Hall–Kier alpha value is -3.40. The van der Waals surface area contributed by atoms with Crippen LogP contribution in [0, 0.1) is 6.92 Å². The molecule has 0 N–H and O–H groups in total. The molecule has 1 amide bonds. The number of hydrogen-bond acceptors (Lipinski definition) is 3. The first-order valence-corrected chi connectivity index (χ1v) is 8.47. The summed E-state index contributed by atoms with van der Waals surface area (Å²) in [5, 5.41) is 5.82. The molecule has 0 fully saturated rings. The summed E-state index contributed by atoms with van der Waals surface area (Å²) >= 11 is 0. The van der Waals surface area contributed by atoms with Gasteiger partial charge in [-0.25, -0.2) is 0 Å². The zero-order chi connectivity index (χ0) is 17.9. The lowest BCUT2D eigenvalue weighted by atomic mass is 10.1. The Bertz CT molecular complexity index is 946. The summed E-state index contributed by atoms with van der Waals surface area (Å²) in [7, 11) is 0. The average Bonchev–Trinajstić information content (AvgIpc) is 2.70. The van der Waals surface area contributed by atoms with Crippen LogP contribution in [-0.4, -0.2) is 18.4 Å². The van der Waals surface area contributed by atoms with Gasteiger partial charge in [-0.2, -0.15) is 5.01 Å². The summed E-state index contributed by atoms with van der Waals surface area (Å²) in [5.74, 6) is 0.269. The van der Waals surface area contributed by atoms with Gasteiger partial charge in [0, 0.05) is 5.56 Å². The molecular formula is C22H18N2O2. The van der Waals surface area contributed by atoms with Crippen LogP contribution in [0.5, 0.6) is 0 Å². The van der Waals surface area contributed by atoms with Crippen LogP contribution >= 0.6 is 0 Å². The van der Waals surface area contributed by atoms with E-state index >= 15 is 0 Å². The molecule has 128 valence electrons. The van der Waals surface area contributed by atoms with Gasteiger partial charge in [-0.05, 0) is 42.3 Å². The standard InChI is InChI=1S/C22H18N2O2/c1-16-7-9-19(10-8-16)22-23-24(21(25)15-26-22)20-13-11-18(12-14-20)17-5-3-2-4-6-17/h2-14H,15H2,1H3. The number of carbonyl (C=O) groups excluding carboxylic acids is 1. The van der Waals surface area contributed by atoms with E-state index in [4.69, 9.17) is 4.74 Å². The van der Waals surface area contributed by atoms with E-state index in [0.717, 1.165) is 27.9 Å². The highest BCUT2D eigenvalue weighted by atomic mass is 16.5. The van der Waals surface area contributed by atoms with E-state index in [1.54, 1.807) is 0 Å². The van der Waals surface area contributed by atoms with E-state index in [-0.39, 0.29) is 12.5 Å². The van der Waals surface area contributed by atoms with Crippen LogP contribution in [0.15, 0.2) is 84.0 Å². The number of hydrogen-bond donors (Lipinski definition) is 0. The van der Waals surface area contributed by atoms with Crippen LogP contribution in [0.2, 0.25) is 0 Å². The van der Waals surface area contributed by atoms with Crippen molar-refractivity contribution in [1.29, 1.82) is 0 Å². The first kappa shape index (κ1) is 16.1. The molecule has 0 atom stereocenters. The predicted molar refractivity (Wildman–Crippen MR) is 103 cm³/mol. The Morgan fingerprint density at radius 3 is 2.12 bits per heavy atom. The van der Waals surface area contributed by atoms with Crippen molar-refractivity contribution in [2.24, 2.45) is 5.10 Å². The van der Waals surface area contributed by atoms with Crippen molar-refractivity contribution < 1.29 is 9.53 Å². The molecule has 26 heavy (non-hydrogen) atoms. The monoisotopic (exact) mass is 342 g/mol. The maximum absolute atomic E-state index is 12.3. The minimum absolute atomic E-state index is 0.0207. The number of hydrazone groups is 1. The van der Waals surface area contributed by atoms with Crippen molar-refractivity contribution in [1.82, 2.24) is 0 Å². The van der Waals surface area contributed by atoms with Gasteiger partial charge < -0.3 is 4.74 Å². The molecule has 1 aliphatic rings. The van der Waals surface area contributed by atoms with Crippen LogP contribution in [-0.2, 0) is 9.53 Å². The third kappa shape index (κ3) is 3.22. The molecule has 1 aliphatic heterocycles. The van der Waals surface area contributed by atoms with Gasteiger partial charge in [-0.15, -0.1) is 5.10 Å². The van der Waals surface area contributed by atoms with Crippen molar-refractivity contribution in [2.75, 3.05) is 11.6 Å². The molecule has 0 unspecified atom stereocenters. The Kier molecular flexibility index (Phi) is 4.23. The third-order valence-corrected chi connectivity index (χ3v) is 4.28. The van der Waals surface area contributed by atoms with Crippen molar-refractivity contribution in [3.63, 3.8) is 0 Å². The molecule has 4 nitrogen and oxygen atoms in total. The van der Waals surface area contributed by atoms with E-state index in [1.165, 1.54) is 5.01 Å². The Morgan fingerprint density at radius 2 is 1.42 bits per heavy atom. The second-order valence-electron chi connectivity index (χ2n) is 6.18. The molecule has 0 saturated carbocycles. The Morgan fingerprint density at radius 1 is 0.808 bits per heavy atom. The molecule has 0 aromatic heterocycles. The van der Waals surface area contributed by atoms with E-state index in [2.05, 4.69) is 17.2 Å². The van der Waals surface area contributed by atoms with Crippen LogP contribution in [0.25, 0.3) is 11.1 Å². The molecule has 0 saturated heterocycles. The zero-order valence-corrected chi connectivity index (χ0v) is 14.4. The van der Waals surface area contributed by atoms with Gasteiger partial charge in [0.15, 0.2) is 6.61 Å². The molecular weight excluding hydrogens is 324 g/mol. The van der Waals surface area contributed by atoms with Gasteiger partial charge in [-0.3, -0.25) is 4.79 Å². The summed E-state index contributed by atoms with van der Waals surface area (Å²) < 4.78 is 5.52. The largest absolute Gasteiger partial charge is 0.466 e. The number of anilines is 1. The summed E-state index contributed by atoms with van der Waals surface area (Å²) in [5.41, 5.74) is 4.97. The van der Waals surface area contributed by atoms with Gasteiger partial charge in [0.2, 0.25) is 5.90 Å². The van der Waals surface area contributed by atoms with Crippen LogP contribution in [0.3, 0.4) is 0 Å². The number of aryl methyl sites for hydroxylation is 1. The third-order valence-electron chi connectivity index (χ3n) is 4.28. The number of amides is 1. The number of rotatable bonds is 3. The molecule has 1 heterocycles. The topological polar surface area (TPSA) is 41.9 Å². The highest BCUT2D eigenvalue weighted by molar-refractivity contribution is 6.04. The maximum atomic E-state index is 12.3. The quantitative estimate of drug-likeness (QED) is 0.708.